The van der Waals surface area contributed by atoms with Gasteiger partial charge in [-0.05, 0) is 11.1 Å². The number of hydrogen-bond donors (Lipinski definition) is 1. The molecular weight excluding hydrogens is 328 g/mol. The smallest absolute Gasteiger partial charge is 0.238 e. The molecule has 2 aromatic carbocycles. The summed E-state index contributed by atoms with van der Waals surface area (Å²) in [5, 5.41) is 5.33. The molecule has 1 N–H and O–H groups in total. The van der Waals surface area contributed by atoms with Gasteiger partial charge in [0.15, 0.2) is 5.13 Å². The molecule has 3 aromatic rings. The molecule has 3 nitrogen and oxygen atoms in total. The highest BCUT2D eigenvalue weighted by Gasteiger charge is 2.23. The minimum absolute atomic E-state index is 0.0992. The maximum atomic E-state index is 12.8. The number of nitrogens with one attached hydrogen (secondary N) is 1. The zero-order valence-corrected chi connectivity index (χ0v) is 13.8. The first-order chi connectivity index (χ1) is 11.3. The van der Waals surface area contributed by atoms with Crippen LogP contribution in [0, 0.1) is 0 Å². The normalized spacial score (nSPS) is 10.7. The number of anilines is 1. The van der Waals surface area contributed by atoms with Gasteiger partial charge in [-0.25, -0.2) is 4.98 Å². The van der Waals surface area contributed by atoms with Crippen molar-refractivity contribution in [3.8, 4) is 0 Å². The van der Waals surface area contributed by atoms with Gasteiger partial charge in [-0.15, -0.1) is 22.9 Å². The Kier molecular flexibility index (Phi) is 5.05. The van der Waals surface area contributed by atoms with E-state index in [-0.39, 0.29) is 11.8 Å². The number of rotatable bonds is 5. The minimum atomic E-state index is -0.374. The summed E-state index contributed by atoms with van der Waals surface area (Å²) in [5.74, 6) is -0.133. The van der Waals surface area contributed by atoms with Crippen molar-refractivity contribution >= 4 is 34.0 Å². The van der Waals surface area contributed by atoms with Crippen LogP contribution in [-0.2, 0) is 10.7 Å². The molecule has 23 heavy (non-hydrogen) atoms. The number of hydrogen-bond acceptors (Lipinski definition) is 3. The van der Waals surface area contributed by atoms with Gasteiger partial charge in [0.05, 0.1) is 17.5 Å². The molecule has 0 bridgehead atoms. The van der Waals surface area contributed by atoms with Gasteiger partial charge in [0.25, 0.3) is 0 Å². The standard InChI is InChI=1S/C18H15ClN2OS/c19-11-15-12-23-18(20-15)21-17(22)16(13-7-3-1-4-8-13)14-9-5-2-6-10-14/h1-10,12,16H,11H2,(H,20,21,22). The molecule has 0 aliphatic carbocycles. The lowest BCUT2D eigenvalue weighted by molar-refractivity contribution is -0.116. The van der Waals surface area contributed by atoms with Crippen LogP contribution in [0.3, 0.4) is 0 Å². The van der Waals surface area contributed by atoms with Crippen LogP contribution >= 0.6 is 22.9 Å². The summed E-state index contributed by atoms with van der Waals surface area (Å²) in [7, 11) is 0. The van der Waals surface area contributed by atoms with Gasteiger partial charge in [0.2, 0.25) is 5.91 Å². The first-order valence-electron chi connectivity index (χ1n) is 7.19. The molecule has 5 heteroatoms. The van der Waals surface area contributed by atoms with E-state index in [1.807, 2.05) is 66.0 Å². The second-order valence-electron chi connectivity index (χ2n) is 5.02. The molecule has 1 amide bonds. The van der Waals surface area contributed by atoms with Crippen molar-refractivity contribution < 1.29 is 4.79 Å². The van der Waals surface area contributed by atoms with Crippen LogP contribution in [0.25, 0.3) is 0 Å². The predicted octanol–water partition coefficient (Wildman–Crippen LogP) is 4.65. The highest BCUT2D eigenvalue weighted by Crippen LogP contribution is 2.27. The molecule has 0 saturated heterocycles. The third-order valence-electron chi connectivity index (χ3n) is 3.45. The number of nitrogens with zero attached hydrogens (tertiary/aromatic N) is 1. The average molecular weight is 343 g/mol. The summed E-state index contributed by atoms with van der Waals surface area (Å²) in [6.45, 7) is 0. The van der Waals surface area contributed by atoms with Crippen molar-refractivity contribution in [1.29, 1.82) is 0 Å². The van der Waals surface area contributed by atoms with Crippen molar-refractivity contribution in [2.24, 2.45) is 0 Å². The summed E-state index contributed by atoms with van der Waals surface area (Å²) in [6.07, 6.45) is 0. The fourth-order valence-electron chi connectivity index (χ4n) is 2.39. The van der Waals surface area contributed by atoms with Crippen LogP contribution in [0.15, 0.2) is 66.0 Å². The number of amides is 1. The lowest BCUT2D eigenvalue weighted by Crippen LogP contribution is -2.22. The zero-order chi connectivity index (χ0) is 16.1. The van der Waals surface area contributed by atoms with E-state index < -0.39 is 0 Å². The summed E-state index contributed by atoms with van der Waals surface area (Å²) in [6, 6.07) is 19.5. The maximum Gasteiger partial charge on any atom is 0.238 e. The molecule has 0 spiro atoms. The number of carbonyl (C=O) groups is 1. The van der Waals surface area contributed by atoms with Gasteiger partial charge in [0, 0.05) is 5.38 Å². The van der Waals surface area contributed by atoms with Crippen molar-refractivity contribution in [3.63, 3.8) is 0 Å². The average Bonchev–Trinajstić information content (AvgIpc) is 3.04. The summed E-state index contributed by atoms with van der Waals surface area (Å²) in [5.41, 5.74) is 2.67. The molecular formula is C18H15ClN2OS. The maximum absolute atomic E-state index is 12.8. The zero-order valence-electron chi connectivity index (χ0n) is 12.3. The summed E-state index contributed by atoms with van der Waals surface area (Å²) >= 11 is 7.15. The number of thiazole rings is 1. The van der Waals surface area contributed by atoms with Gasteiger partial charge >= 0.3 is 0 Å². The molecule has 1 aromatic heterocycles. The Morgan fingerprint density at radius 3 is 2.09 bits per heavy atom. The number of aromatic nitrogens is 1. The molecule has 116 valence electrons. The fourth-order valence-corrected chi connectivity index (χ4v) is 3.33. The second-order valence-corrected chi connectivity index (χ2v) is 6.15. The SMILES string of the molecule is O=C(Nc1nc(CCl)cs1)C(c1ccccc1)c1ccccc1. The van der Waals surface area contributed by atoms with Crippen LogP contribution in [0.1, 0.15) is 22.7 Å². The minimum Gasteiger partial charge on any atom is -0.301 e. The van der Waals surface area contributed by atoms with E-state index >= 15 is 0 Å². The molecule has 0 saturated carbocycles. The van der Waals surface area contributed by atoms with E-state index in [4.69, 9.17) is 11.6 Å². The van der Waals surface area contributed by atoms with Crippen LogP contribution in [0.5, 0.6) is 0 Å². The number of alkyl halides is 1. The number of halogens is 1. The first-order valence-corrected chi connectivity index (χ1v) is 8.60. The molecule has 0 aliphatic heterocycles. The van der Waals surface area contributed by atoms with E-state index in [0.29, 0.717) is 11.0 Å². The van der Waals surface area contributed by atoms with Crippen LogP contribution in [0.4, 0.5) is 5.13 Å². The highest BCUT2D eigenvalue weighted by atomic mass is 35.5. The quantitative estimate of drug-likeness (QED) is 0.685. The third-order valence-corrected chi connectivity index (χ3v) is 4.53. The molecule has 0 unspecified atom stereocenters. The molecule has 0 atom stereocenters. The van der Waals surface area contributed by atoms with Crippen molar-refractivity contribution in [3.05, 3.63) is 82.9 Å². The van der Waals surface area contributed by atoms with E-state index in [9.17, 15) is 4.79 Å². The van der Waals surface area contributed by atoms with Crippen LogP contribution in [-0.4, -0.2) is 10.9 Å². The molecule has 0 radical (unpaired) electrons. The lowest BCUT2D eigenvalue weighted by atomic mass is 9.90. The van der Waals surface area contributed by atoms with E-state index in [0.717, 1.165) is 16.8 Å². The first kappa shape index (κ1) is 15.7. The van der Waals surface area contributed by atoms with E-state index in [1.54, 1.807) is 0 Å². The Balaban J connectivity index is 1.90. The molecule has 1 heterocycles. The number of benzene rings is 2. The molecule has 0 aliphatic rings. The monoisotopic (exact) mass is 342 g/mol. The van der Waals surface area contributed by atoms with Gasteiger partial charge in [0.1, 0.15) is 0 Å². The van der Waals surface area contributed by atoms with Crippen LogP contribution < -0.4 is 5.32 Å². The van der Waals surface area contributed by atoms with Gasteiger partial charge in [-0.2, -0.15) is 0 Å². The van der Waals surface area contributed by atoms with E-state index in [2.05, 4.69) is 10.3 Å². The predicted molar refractivity (Wildman–Crippen MR) is 95.0 cm³/mol. The Morgan fingerprint density at radius 2 is 1.61 bits per heavy atom. The van der Waals surface area contributed by atoms with Gasteiger partial charge < -0.3 is 5.32 Å². The van der Waals surface area contributed by atoms with Crippen molar-refractivity contribution in [2.45, 2.75) is 11.8 Å². The van der Waals surface area contributed by atoms with Gasteiger partial charge in [-0.3, -0.25) is 4.79 Å². The largest absolute Gasteiger partial charge is 0.301 e. The Bertz CT molecular complexity index is 734. The molecule has 3 rings (SSSR count). The Labute approximate surface area is 144 Å². The third kappa shape index (κ3) is 3.78. The summed E-state index contributed by atoms with van der Waals surface area (Å²) < 4.78 is 0. The van der Waals surface area contributed by atoms with Crippen LogP contribution in [0.2, 0.25) is 0 Å². The van der Waals surface area contributed by atoms with E-state index in [1.165, 1.54) is 11.3 Å². The topological polar surface area (TPSA) is 42.0 Å². The Morgan fingerprint density at radius 1 is 1.04 bits per heavy atom. The second kappa shape index (κ2) is 7.40. The fraction of sp³-hybridized carbons (Fsp3) is 0.111. The lowest BCUT2D eigenvalue weighted by Gasteiger charge is -2.17. The Hall–Kier alpha value is -2.17. The van der Waals surface area contributed by atoms with Crippen molar-refractivity contribution in [1.82, 2.24) is 4.98 Å². The summed E-state index contributed by atoms with van der Waals surface area (Å²) in [4.78, 5) is 17.1. The van der Waals surface area contributed by atoms with Gasteiger partial charge in [-0.1, -0.05) is 60.7 Å². The van der Waals surface area contributed by atoms with Crippen molar-refractivity contribution in [2.75, 3.05) is 5.32 Å². The number of carbonyl (C=O) groups excluding carboxylic acids is 1. The molecule has 0 fully saturated rings. The highest BCUT2D eigenvalue weighted by molar-refractivity contribution is 7.14.